The van der Waals surface area contributed by atoms with Crippen LogP contribution in [0.4, 0.5) is 0 Å². The van der Waals surface area contributed by atoms with Crippen LogP contribution in [0.25, 0.3) is 33.6 Å². The van der Waals surface area contributed by atoms with Crippen LogP contribution in [0.2, 0.25) is 19.6 Å². The Balaban J connectivity index is 0.000000195. The van der Waals surface area contributed by atoms with Gasteiger partial charge < -0.3 is 15.0 Å². The molecule has 0 unspecified atom stereocenters. The van der Waals surface area contributed by atoms with Gasteiger partial charge in [0.1, 0.15) is 0 Å². The number of benzene rings is 2. The largest absolute Gasteiger partial charge is 0.360 e. The second-order valence-corrected chi connectivity index (χ2v) is 17.4. The minimum absolute atomic E-state index is 0. The third-order valence-corrected chi connectivity index (χ3v) is 10.2. The fraction of sp³-hybridized carbons (Fsp3) is 0.289. The van der Waals surface area contributed by atoms with Crippen molar-refractivity contribution >= 4 is 13.3 Å². The van der Waals surface area contributed by atoms with Gasteiger partial charge in [-0.1, -0.05) is 106 Å². The Kier molecular flexibility index (Phi) is 11.8. The molecule has 43 heavy (non-hydrogen) atoms. The van der Waals surface area contributed by atoms with Gasteiger partial charge in [0.05, 0.1) is 8.07 Å². The van der Waals surface area contributed by atoms with E-state index in [1.165, 1.54) is 66.0 Å². The summed E-state index contributed by atoms with van der Waals surface area (Å²) in [6.45, 7) is 9.35. The average molecular weight is 760 g/mol. The number of hydrogen-bond donors (Lipinski definition) is 0. The van der Waals surface area contributed by atoms with Crippen molar-refractivity contribution in [3.8, 4) is 33.6 Å². The maximum atomic E-state index is 4.73. The van der Waals surface area contributed by atoms with E-state index in [2.05, 4.69) is 91.4 Å². The SMILES string of the molecule is C[Si](C)(C)c1cnc(-c2[c-]nccc2)cc1CC1CCCCC1.Cc1cnc(-c2[c-]cccc2)cc1-c1ccccc1.[Ir]. The molecule has 0 amide bonds. The molecule has 3 aromatic heterocycles. The zero-order valence-corrected chi connectivity index (χ0v) is 29.1. The van der Waals surface area contributed by atoms with Crippen LogP contribution in [0.5, 0.6) is 0 Å². The van der Waals surface area contributed by atoms with E-state index in [0.29, 0.717) is 0 Å². The molecule has 1 saturated carbocycles. The van der Waals surface area contributed by atoms with Gasteiger partial charge in [-0.25, -0.2) is 0 Å². The van der Waals surface area contributed by atoms with Crippen molar-refractivity contribution < 1.29 is 20.1 Å². The average Bonchev–Trinajstić information content (AvgIpc) is 3.03. The van der Waals surface area contributed by atoms with Gasteiger partial charge in [0.15, 0.2) is 0 Å². The molecule has 1 aliphatic rings. The summed E-state index contributed by atoms with van der Waals surface area (Å²) in [5.41, 5.74) is 9.17. The first-order valence-corrected chi connectivity index (χ1v) is 18.7. The predicted molar refractivity (Wildman–Crippen MR) is 178 cm³/mol. The van der Waals surface area contributed by atoms with Crippen molar-refractivity contribution in [2.75, 3.05) is 0 Å². The summed E-state index contributed by atoms with van der Waals surface area (Å²) >= 11 is 0. The Bertz CT molecular complexity index is 1560. The summed E-state index contributed by atoms with van der Waals surface area (Å²) in [6, 6.07) is 30.0. The van der Waals surface area contributed by atoms with Gasteiger partial charge >= 0.3 is 0 Å². The molecule has 0 saturated heterocycles. The predicted octanol–water partition coefficient (Wildman–Crippen LogP) is 9.13. The molecule has 1 fully saturated rings. The molecule has 3 heterocycles. The van der Waals surface area contributed by atoms with Gasteiger partial charge in [-0.05, 0) is 58.7 Å². The van der Waals surface area contributed by atoms with Crippen LogP contribution < -0.4 is 5.19 Å². The van der Waals surface area contributed by atoms with Gasteiger partial charge in [0.25, 0.3) is 0 Å². The van der Waals surface area contributed by atoms with Crippen LogP contribution in [-0.2, 0) is 26.5 Å². The molecule has 0 bridgehead atoms. The molecule has 0 N–H and O–H groups in total. The van der Waals surface area contributed by atoms with E-state index in [4.69, 9.17) is 4.98 Å². The molecule has 0 aliphatic heterocycles. The molecule has 0 atom stereocenters. The van der Waals surface area contributed by atoms with E-state index in [-0.39, 0.29) is 20.1 Å². The number of aryl methyl sites for hydroxylation is 1. The van der Waals surface area contributed by atoms with Gasteiger partial charge in [0.2, 0.25) is 0 Å². The third kappa shape index (κ3) is 8.89. The molecule has 0 spiro atoms. The van der Waals surface area contributed by atoms with Crippen LogP contribution in [0, 0.1) is 25.1 Å². The zero-order valence-electron chi connectivity index (χ0n) is 25.7. The summed E-state index contributed by atoms with van der Waals surface area (Å²) in [4.78, 5) is 13.4. The van der Waals surface area contributed by atoms with Gasteiger partial charge in [-0.3, -0.25) is 0 Å². The van der Waals surface area contributed by atoms with E-state index in [1.54, 1.807) is 6.20 Å². The Labute approximate surface area is 272 Å². The van der Waals surface area contributed by atoms with Crippen molar-refractivity contribution in [2.45, 2.75) is 65.1 Å². The first kappa shape index (κ1) is 32.7. The monoisotopic (exact) mass is 760 g/mol. The third-order valence-electron chi connectivity index (χ3n) is 8.09. The number of aromatic nitrogens is 3. The van der Waals surface area contributed by atoms with E-state index >= 15 is 0 Å². The second-order valence-electron chi connectivity index (χ2n) is 12.4. The number of hydrogen-bond acceptors (Lipinski definition) is 3. The van der Waals surface area contributed by atoms with Crippen LogP contribution in [0.1, 0.15) is 43.2 Å². The Morgan fingerprint density at radius 3 is 2.16 bits per heavy atom. The van der Waals surface area contributed by atoms with Gasteiger partial charge in [0, 0.05) is 32.5 Å². The summed E-state index contributed by atoms with van der Waals surface area (Å²) in [5.74, 6) is 0.854. The minimum Gasteiger partial charge on any atom is -0.360 e. The number of nitrogens with zero attached hydrogens (tertiary/aromatic N) is 3. The molecular weight excluding hydrogens is 719 g/mol. The summed E-state index contributed by atoms with van der Waals surface area (Å²) in [7, 11) is -1.37. The minimum atomic E-state index is -1.37. The summed E-state index contributed by atoms with van der Waals surface area (Å²) in [6.07, 6.45) is 17.1. The first-order chi connectivity index (χ1) is 20.4. The van der Waals surface area contributed by atoms with E-state index in [1.807, 2.05) is 48.7 Å². The molecular formula is C38H41IrN3Si-2. The zero-order chi connectivity index (χ0) is 29.4. The Hall–Kier alpha value is -3.24. The van der Waals surface area contributed by atoms with Gasteiger partial charge in [-0.2, -0.15) is 0 Å². The van der Waals surface area contributed by atoms with Crippen LogP contribution in [0.3, 0.4) is 0 Å². The molecule has 1 radical (unpaired) electrons. The maximum absolute atomic E-state index is 4.73. The smallest absolute Gasteiger partial charge is 0.0798 e. The molecule has 5 aromatic rings. The topological polar surface area (TPSA) is 38.7 Å². The van der Waals surface area contributed by atoms with Crippen LogP contribution in [0.15, 0.2) is 97.5 Å². The van der Waals surface area contributed by atoms with E-state index < -0.39 is 8.07 Å². The number of rotatable bonds is 6. The standard InChI is InChI=1S/C20H27N2Si.C18H14N.Ir/c1-23(2,3)20-15-22-19(17-10-7-11-21-14-17)13-18(20)12-16-8-5-4-6-9-16;1-14-13-19-18(16-10-6-3-7-11-16)12-17(14)15-8-4-2-5-9-15;/h7,10-11,13,15-16H,4-6,8-9,12H2,1-3H3;2-10,12-13H,1H3;/q2*-1;. The van der Waals surface area contributed by atoms with Crippen molar-refractivity contribution in [3.63, 3.8) is 0 Å². The first-order valence-electron chi connectivity index (χ1n) is 15.2. The second kappa shape index (κ2) is 15.5. The fourth-order valence-corrected chi connectivity index (χ4v) is 7.40. The fourth-order valence-electron chi connectivity index (χ4n) is 5.81. The normalized spacial score (nSPS) is 13.4. The molecule has 223 valence electrons. The van der Waals surface area contributed by atoms with Crippen molar-refractivity contribution in [3.05, 3.63) is 121 Å². The number of pyridine rings is 3. The van der Waals surface area contributed by atoms with Crippen LogP contribution >= 0.6 is 0 Å². The van der Waals surface area contributed by atoms with E-state index in [9.17, 15) is 0 Å². The summed E-state index contributed by atoms with van der Waals surface area (Å²) < 4.78 is 0. The molecule has 2 aromatic carbocycles. The summed E-state index contributed by atoms with van der Waals surface area (Å²) in [5, 5.41) is 1.52. The molecule has 5 heteroatoms. The van der Waals surface area contributed by atoms with E-state index in [0.717, 1.165) is 28.4 Å². The molecule has 1 aliphatic carbocycles. The quantitative estimate of drug-likeness (QED) is 0.128. The van der Waals surface area contributed by atoms with Crippen LogP contribution in [-0.4, -0.2) is 23.0 Å². The van der Waals surface area contributed by atoms with Gasteiger partial charge in [-0.15, -0.1) is 53.6 Å². The van der Waals surface area contributed by atoms with Crippen molar-refractivity contribution in [2.24, 2.45) is 5.92 Å². The Morgan fingerprint density at radius 1 is 0.791 bits per heavy atom. The van der Waals surface area contributed by atoms with Crippen molar-refractivity contribution in [1.29, 1.82) is 0 Å². The molecule has 3 nitrogen and oxygen atoms in total. The van der Waals surface area contributed by atoms with Crippen molar-refractivity contribution in [1.82, 2.24) is 15.0 Å². The Morgan fingerprint density at radius 2 is 1.49 bits per heavy atom. The molecule has 6 rings (SSSR count). The maximum Gasteiger partial charge on any atom is 0.0798 e.